The molecule has 0 aliphatic carbocycles. The highest BCUT2D eigenvalue weighted by atomic mass is 35.5. The lowest BCUT2D eigenvalue weighted by molar-refractivity contribution is -0.113. The predicted molar refractivity (Wildman–Crippen MR) is 118 cm³/mol. The summed E-state index contributed by atoms with van der Waals surface area (Å²) in [6.45, 7) is 0.381. The molecule has 1 heterocycles. The number of hydrogen-bond acceptors (Lipinski definition) is 6. The SMILES string of the molecule is COc1ccc(NC(=O)CSc2ncc(CO)n2Cc2ccc(Cl)cc2)cc1OC. The van der Waals surface area contributed by atoms with Gasteiger partial charge in [-0.1, -0.05) is 35.5 Å². The van der Waals surface area contributed by atoms with E-state index >= 15 is 0 Å². The molecule has 0 aliphatic heterocycles. The first-order chi connectivity index (χ1) is 14.5. The molecule has 0 unspecified atom stereocenters. The number of anilines is 1. The Bertz CT molecular complexity index is 1010. The minimum Gasteiger partial charge on any atom is -0.493 e. The topological polar surface area (TPSA) is 85.6 Å². The van der Waals surface area contributed by atoms with Crippen LogP contribution in [0.15, 0.2) is 53.8 Å². The molecular formula is C21H22ClN3O4S. The Hall–Kier alpha value is -2.68. The van der Waals surface area contributed by atoms with Crippen LogP contribution in [0, 0.1) is 0 Å². The summed E-state index contributed by atoms with van der Waals surface area (Å²) in [5, 5.41) is 13.8. The third kappa shape index (κ3) is 5.47. The Balaban J connectivity index is 1.66. The second-order valence-electron chi connectivity index (χ2n) is 6.31. The largest absolute Gasteiger partial charge is 0.493 e. The summed E-state index contributed by atoms with van der Waals surface area (Å²) in [6.07, 6.45) is 1.62. The summed E-state index contributed by atoms with van der Waals surface area (Å²) in [5.74, 6) is 1.11. The van der Waals surface area contributed by atoms with Crippen LogP contribution in [-0.2, 0) is 17.9 Å². The number of halogens is 1. The maximum absolute atomic E-state index is 12.4. The number of benzene rings is 2. The number of rotatable bonds is 9. The zero-order valence-corrected chi connectivity index (χ0v) is 18.2. The van der Waals surface area contributed by atoms with Gasteiger partial charge in [-0.15, -0.1) is 0 Å². The second-order valence-corrected chi connectivity index (χ2v) is 7.69. The van der Waals surface area contributed by atoms with E-state index in [0.29, 0.717) is 39.6 Å². The molecular weight excluding hydrogens is 426 g/mol. The molecule has 3 rings (SSSR count). The van der Waals surface area contributed by atoms with Gasteiger partial charge in [-0.05, 0) is 29.8 Å². The Kier molecular flexibility index (Phi) is 7.62. The molecule has 158 valence electrons. The molecule has 0 aliphatic rings. The number of amides is 1. The van der Waals surface area contributed by atoms with Crippen molar-refractivity contribution in [1.82, 2.24) is 9.55 Å². The smallest absolute Gasteiger partial charge is 0.234 e. The van der Waals surface area contributed by atoms with Gasteiger partial charge >= 0.3 is 0 Å². The van der Waals surface area contributed by atoms with Crippen LogP contribution in [0.2, 0.25) is 5.02 Å². The van der Waals surface area contributed by atoms with E-state index in [1.165, 1.54) is 11.8 Å². The van der Waals surface area contributed by atoms with Crippen molar-refractivity contribution in [2.45, 2.75) is 18.3 Å². The molecule has 0 saturated heterocycles. The van der Waals surface area contributed by atoms with Gasteiger partial charge in [0.05, 0.1) is 38.5 Å². The molecule has 0 atom stereocenters. The van der Waals surface area contributed by atoms with Gasteiger partial charge in [0.2, 0.25) is 5.91 Å². The molecule has 0 fully saturated rings. The minimum atomic E-state index is -0.182. The molecule has 30 heavy (non-hydrogen) atoms. The van der Waals surface area contributed by atoms with E-state index in [1.54, 1.807) is 38.6 Å². The van der Waals surface area contributed by atoms with Crippen LogP contribution in [0.3, 0.4) is 0 Å². The quantitative estimate of drug-likeness (QED) is 0.485. The van der Waals surface area contributed by atoms with E-state index in [1.807, 2.05) is 28.8 Å². The number of imidazole rings is 1. The Morgan fingerprint density at radius 2 is 1.90 bits per heavy atom. The lowest BCUT2D eigenvalue weighted by Gasteiger charge is -2.12. The van der Waals surface area contributed by atoms with E-state index in [0.717, 1.165) is 5.56 Å². The first kappa shape index (κ1) is 22.0. The van der Waals surface area contributed by atoms with Crippen molar-refractivity contribution in [2.24, 2.45) is 0 Å². The molecule has 2 N–H and O–H groups in total. The van der Waals surface area contributed by atoms with E-state index in [9.17, 15) is 9.90 Å². The Labute approximate surface area is 184 Å². The van der Waals surface area contributed by atoms with Crippen molar-refractivity contribution < 1.29 is 19.4 Å². The second kappa shape index (κ2) is 10.4. The van der Waals surface area contributed by atoms with Gasteiger partial charge < -0.3 is 24.5 Å². The molecule has 1 aromatic heterocycles. The normalized spacial score (nSPS) is 10.7. The number of hydrogen-bond donors (Lipinski definition) is 2. The fourth-order valence-electron chi connectivity index (χ4n) is 2.82. The van der Waals surface area contributed by atoms with Gasteiger partial charge in [0.15, 0.2) is 16.7 Å². The van der Waals surface area contributed by atoms with E-state index in [2.05, 4.69) is 10.3 Å². The van der Waals surface area contributed by atoms with E-state index < -0.39 is 0 Å². The van der Waals surface area contributed by atoms with Crippen LogP contribution in [0.1, 0.15) is 11.3 Å². The standard InChI is InChI=1S/C21H22ClN3O4S/c1-28-18-8-7-16(9-19(18)29-2)24-20(27)13-30-21-23-10-17(12-26)25(21)11-14-3-5-15(22)6-4-14/h3-10,26H,11-13H2,1-2H3,(H,24,27). The first-order valence-electron chi connectivity index (χ1n) is 9.08. The number of thioether (sulfide) groups is 1. The van der Waals surface area contributed by atoms with Crippen LogP contribution < -0.4 is 14.8 Å². The van der Waals surface area contributed by atoms with Crippen molar-refractivity contribution in [3.05, 3.63) is 64.9 Å². The fraction of sp³-hybridized carbons (Fsp3) is 0.238. The number of aliphatic hydroxyl groups is 1. The van der Waals surface area contributed by atoms with Crippen molar-refractivity contribution in [3.63, 3.8) is 0 Å². The Morgan fingerprint density at radius 3 is 2.57 bits per heavy atom. The minimum absolute atomic E-state index is 0.140. The average molecular weight is 448 g/mol. The highest BCUT2D eigenvalue weighted by Crippen LogP contribution is 2.30. The van der Waals surface area contributed by atoms with Crippen molar-refractivity contribution in [3.8, 4) is 11.5 Å². The van der Waals surface area contributed by atoms with Crippen molar-refractivity contribution >= 4 is 35.0 Å². The Morgan fingerprint density at radius 1 is 1.17 bits per heavy atom. The highest BCUT2D eigenvalue weighted by molar-refractivity contribution is 7.99. The number of nitrogens with zero attached hydrogens (tertiary/aromatic N) is 2. The fourth-order valence-corrected chi connectivity index (χ4v) is 3.74. The molecule has 7 nitrogen and oxygen atoms in total. The summed E-state index contributed by atoms with van der Waals surface area (Å²) >= 11 is 7.25. The van der Waals surface area contributed by atoms with Crippen LogP contribution in [0.4, 0.5) is 5.69 Å². The first-order valence-corrected chi connectivity index (χ1v) is 10.4. The summed E-state index contributed by atoms with van der Waals surface area (Å²) in [6, 6.07) is 12.6. The van der Waals surface area contributed by atoms with Gasteiger partial charge in [-0.3, -0.25) is 4.79 Å². The monoisotopic (exact) mass is 447 g/mol. The summed E-state index contributed by atoms with van der Waals surface area (Å²) in [5.41, 5.74) is 2.30. The van der Waals surface area contributed by atoms with Crippen molar-refractivity contribution in [1.29, 1.82) is 0 Å². The van der Waals surface area contributed by atoms with Crippen molar-refractivity contribution in [2.75, 3.05) is 25.3 Å². The number of carbonyl (C=O) groups excluding carboxylic acids is 1. The van der Waals surface area contributed by atoms with Crippen LogP contribution in [-0.4, -0.2) is 40.5 Å². The lowest BCUT2D eigenvalue weighted by atomic mass is 10.2. The van der Waals surface area contributed by atoms with Gasteiger partial charge in [0, 0.05) is 23.3 Å². The lowest BCUT2D eigenvalue weighted by Crippen LogP contribution is -2.15. The van der Waals surface area contributed by atoms with Gasteiger partial charge in [0.25, 0.3) is 0 Å². The van der Waals surface area contributed by atoms with E-state index in [4.69, 9.17) is 21.1 Å². The number of methoxy groups -OCH3 is 2. The molecule has 9 heteroatoms. The maximum Gasteiger partial charge on any atom is 0.234 e. The summed E-state index contributed by atoms with van der Waals surface area (Å²) < 4.78 is 12.3. The molecule has 0 bridgehead atoms. The summed E-state index contributed by atoms with van der Waals surface area (Å²) in [4.78, 5) is 16.8. The highest BCUT2D eigenvalue weighted by Gasteiger charge is 2.13. The molecule has 0 spiro atoms. The zero-order valence-electron chi connectivity index (χ0n) is 16.6. The maximum atomic E-state index is 12.4. The molecule has 1 amide bonds. The van der Waals surface area contributed by atoms with Crippen LogP contribution >= 0.6 is 23.4 Å². The molecule has 2 aromatic carbocycles. The van der Waals surface area contributed by atoms with E-state index in [-0.39, 0.29) is 18.3 Å². The number of aromatic nitrogens is 2. The molecule has 0 radical (unpaired) electrons. The number of ether oxygens (including phenoxy) is 2. The third-order valence-corrected chi connectivity index (χ3v) is 5.56. The predicted octanol–water partition coefficient (Wildman–Crippen LogP) is 3.83. The molecule has 3 aromatic rings. The van der Waals surface area contributed by atoms with Gasteiger partial charge in [-0.25, -0.2) is 4.98 Å². The number of carbonyl (C=O) groups is 1. The third-order valence-electron chi connectivity index (χ3n) is 4.32. The van der Waals surface area contributed by atoms with Gasteiger partial charge in [-0.2, -0.15) is 0 Å². The van der Waals surface area contributed by atoms with Crippen LogP contribution in [0.25, 0.3) is 0 Å². The molecule has 0 saturated carbocycles. The zero-order chi connectivity index (χ0) is 21.5. The van der Waals surface area contributed by atoms with Gasteiger partial charge in [0.1, 0.15) is 0 Å². The number of aliphatic hydroxyl groups excluding tert-OH is 1. The average Bonchev–Trinajstić information content (AvgIpc) is 3.15. The van der Waals surface area contributed by atoms with Crippen LogP contribution in [0.5, 0.6) is 11.5 Å². The summed E-state index contributed by atoms with van der Waals surface area (Å²) in [7, 11) is 3.10. The number of nitrogens with one attached hydrogen (secondary N) is 1.